The van der Waals surface area contributed by atoms with E-state index in [1.165, 1.54) is 36.0 Å². The molecule has 0 radical (unpaired) electrons. The topological polar surface area (TPSA) is 266 Å². The number of nitrogens with one attached hydrogen (secondary N) is 2. The molecule has 0 saturated heterocycles. The highest BCUT2D eigenvalue weighted by Gasteiger charge is 2.42. The first-order chi connectivity index (χ1) is 17.4. The number of thioether (sulfide) groups is 1. The lowest BCUT2D eigenvalue weighted by Crippen LogP contribution is -2.59. The van der Waals surface area contributed by atoms with E-state index in [0.717, 1.165) is 0 Å². The molecule has 2 amide bonds. The molecule has 0 bridgehead atoms. The minimum absolute atomic E-state index is 0.194. The van der Waals surface area contributed by atoms with E-state index in [1.807, 2.05) is 0 Å². The lowest BCUT2D eigenvalue weighted by atomic mass is 9.82. The van der Waals surface area contributed by atoms with Crippen LogP contribution in [0, 0.1) is 0 Å². The number of carboxylic acids is 1. The fourth-order valence-electron chi connectivity index (χ4n) is 3.42. The lowest BCUT2D eigenvalue weighted by Gasteiger charge is -2.31. The highest BCUT2D eigenvalue weighted by Crippen LogP contribution is 2.26. The molecule has 0 heterocycles. The molecule has 1 aromatic rings. The minimum atomic E-state index is -2.37. The summed E-state index contributed by atoms with van der Waals surface area (Å²) in [7, 11) is 0. The standard InChI is InChI=1S/C22H34N4O10S/c1-37-9-11(23)20(33)26-13(8-28)21(34)25-12(7-27)16(29)18(31)19(32)17(30)14(15(24)22(35)36)10-5-3-2-4-6-10/h2-6,11-17,19,27-30,32H,7-9,23-24H2,1H3,(H,25,34)(H,26,33)(H,35,36)/t11-,12-,13-,14?,15-,16+,17?,19+/m0/s1. The van der Waals surface area contributed by atoms with Crippen molar-refractivity contribution >= 4 is 35.3 Å². The predicted molar refractivity (Wildman–Crippen MR) is 132 cm³/mol. The second-order valence-electron chi connectivity index (χ2n) is 8.19. The van der Waals surface area contributed by atoms with E-state index >= 15 is 0 Å². The molecule has 15 heteroatoms. The first kappa shape index (κ1) is 32.4. The van der Waals surface area contributed by atoms with Crippen molar-refractivity contribution in [1.82, 2.24) is 10.6 Å². The Morgan fingerprint density at radius 1 is 0.919 bits per heavy atom. The van der Waals surface area contributed by atoms with E-state index < -0.39 is 85.2 Å². The molecule has 1 rings (SSSR count). The van der Waals surface area contributed by atoms with Crippen LogP contribution in [0.4, 0.5) is 0 Å². The maximum Gasteiger partial charge on any atom is 0.321 e. The van der Waals surface area contributed by atoms with Crippen molar-refractivity contribution < 1.29 is 49.8 Å². The number of carbonyl (C=O) groups excluding carboxylic acids is 3. The van der Waals surface area contributed by atoms with E-state index in [1.54, 1.807) is 12.3 Å². The fourth-order valence-corrected chi connectivity index (χ4v) is 3.93. The van der Waals surface area contributed by atoms with Crippen LogP contribution in [0.15, 0.2) is 30.3 Å². The van der Waals surface area contributed by atoms with Gasteiger partial charge in [-0.05, 0) is 11.8 Å². The first-order valence-electron chi connectivity index (χ1n) is 11.1. The minimum Gasteiger partial charge on any atom is -0.480 e. The number of nitrogens with two attached hydrogens (primary N) is 2. The number of amides is 2. The van der Waals surface area contributed by atoms with Gasteiger partial charge in [-0.1, -0.05) is 30.3 Å². The van der Waals surface area contributed by atoms with Gasteiger partial charge in [0.25, 0.3) is 0 Å². The molecule has 14 nitrogen and oxygen atoms in total. The number of aliphatic hydroxyl groups is 5. The summed E-state index contributed by atoms with van der Waals surface area (Å²) in [5.74, 6) is -6.04. The summed E-state index contributed by atoms with van der Waals surface area (Å²) in [6.07, 6.45) is -5.02. The number of hydrogen-bond donors (Lipinski definition) is 10. The van der Waals surface area contributed by atoms with Crippen LogP contribution >= 0.6 is 11.8 Å². The Hall–Kier alpha value is -2.63. The molecule has 0 aromatic heterocycles. The van der Waals surface area contributed by atoms with E-state index in [0.29, 0.717) is 0 Å². The lowest BCUT2D eigenvalue weighted by molar-refractivity contribution is -0.148. The van der Waals surface area contributed by atoms with Crippen LogP contribution < -0.4 is 22.1 Å². The van der Waals surface area contributed by atoms with Gasteiger partial charge in [0, 0.05) is 11.7 Å². The molecular formula is C22H34N4O10S. The molecule has 12 N–H and O–H groups in total. The summed E-state index contributed by atoms with van der Waals surface area (Å²) in [5.41, 5.74) is 11.5. The average Bonchev–Trinajstić information content (AvgIpc) is 2.89. The first-order valence-corrected chi connectivity index (χ1v) is 12.5. The van der Waals surface area contributed by atoms with Gasteiger partial charge in [0.15, 0.2) is 5.78 Å². The van der Waals surface area contributed by atoms with Crippen molar-refractivity contribution in [2.24, 2.45) is 11.5 Å². The molecule has 0 fully saturated rings. The third kappa shape index (κ3) is 9.01. The Morgan fingerprint density at radius 3 is 2.00 bits per heavy atom. The number of benzene rings is 1. The Kier molecular flexibility index (Phi) is 13.6. The van der Waals surface area contributed by atoms with Crippen molar-refractivity contribution in [2.75, 3.05) is 25.2 Å². The van der Waals surface area contributed by atoms with E-state index in [9.17, 15) is 49.8 Å². The molecule has 1 aromatic carbocycles. The number of aliphatic hydroxyl groups excluding tert-OH is 5. The van der Waals surface area contributed by atoms with E-state index in [-0.39, 0.29) is 11.3 Å². The van der Waals surface area contributed by atoms with Crippen LogP contribution in [-0.2, 0) is 19.2 Å². The summed E-state index contributed by atoms with van der Waals surface area (Å²) in [6, 6.07) is 1.52. The summed E-state index contributed by atoms with van der Waals surface area (Å²) >= 11 is 1.27. The van der Waals surface area contributed by atoms with Gasteiger partial charge in [-0.2, -0.15) is 11.8 Å². The third-order valence-electron chi connectivity index (χ3n) is 5.53. The SMILES string of the molecule is CSC[C@H](N)C(=O)N[C@@H](CO)C(=O)N[C@@H](CO)[C@@H](O)C(=O)[C@H](O)C(O)C(c1ccccc1)[C@H](N)C(=O)O. The number of aliphatic carboxylic acids is 1. The maximum atomic E-state index is 12.7. The Labute approximate surface area is 217 Å². The molecule has 0 saturated carbocycles. The van der Waals surface area contributed by atoms with Crippen molar-refractivity contribution in [2.45, 2.75) is 48.4 Å². The van der Waals surface area contributed by atoms with Crippen molar-refractivity contribution in [3.63, 3.8) is 0 Å². The second kappa shape index (κ2) is 15.6. The maximum absolute atomic E-state index is 12.7. The number of carbonyl (C=O) groups is 4. The fraction of sp³-hybridized carbons (Fsp3) is 0.545. The van der Waals surface area contributed by atoms with Gasteiger partial charge in [0.1, 0.15) is 24.3 Å². The summed E-state index contributed by atoms with van der Waals surface area (Å²) in [5, 5.41) is 64.2. The average molecular weight is 547 g/mol. The Balaban J connectivity index is 3.01. The summed E-state index contributed by atoms with van der Waals surface area (Å²) in [6.45, 7) is -1.89. The number of rotatable bonds is 16. The molecule has 208 valence electrons. The van der Waals surface area contributed by atoms with Crippen LogP contribution in [-0.4, -0.2) is 122 Å². The van der Waals surface area contributed by atoms with Gasteiger partial charge in [0.2, 0.25) is 11.8 Å². The monoisotopic (exact) mass is 546 g/mol. The quantitative estimate of drug-likeness (QED) is 0.0937. The van der Waals surface area contributed by atoms with Gasteiger partial charge in [-0.25, -0.2) is 0 Å². The van der Waals surface area contributed by atoms with E-state index in [4.69, 9.17) is 11.5 Å². The highest BCUT2D eigenvalue weighted by molar-refractivity contribution is 7.98. The summed E-state index contributed by atoms with van der Waals surface area (Å²) in [4.78, 5) is 48.7. The van der Waals surface area contributed by atoms with Crippen LogP contribution in [0.5, 0.6) is 0 Å². The smallest absolute Gasteiger partial charge is 0.321 e. The summed E-state index contributed by atoms with van der Waals surface area (Å²) < 4.78 is 0. The van der Waals surface area contributed by atoms with Crippen molar-refractivity contribution in [1.29, 1.82) is 0 Å². The molecule has 0 aliphatic rings. The van der Waals surface area contributed by atoms with Gasteiger partial charge in [-0.3, -0.25) is 19.2 Å². The van der Waals surface area contributed by atoms with Gasteiger partial charge < -0.3 is 52.7 Å². The van der Waals surface area contributed by atoms with Gasteiger partial charge in [-0.15, -0.1) is 0 Å². The van der Waals surface area contributed by atoms with Gasteiger partial charge in [0.05, 0.1) is 31.4 Å². The Bertz CT molecular complexity index is 909. The van der Waals surface area contributed by atoms with Crippen LogP contribution in [0.1, 0.15) is 11.5 Å². The molecule has 37 heavy (non-hydrogen) atoms. The van der Waals surface area contributed by atoms with E-state index in [2.05, 4.69) is 10.6 Å². The molecule has 0 aliphatic carbocycles. The zero-order valence-corrected chi connectivity index (χ0v) is 20.8. The Morgan fingerprint density at radius 2 is 1.51 bits per heavy atom. The third-order valence-corrected chi connectivity index (χ3v) is 6.23. The zero-order valence-electron chi connectivity index (χ0n) is 20.0. The number of Topliss-reactive ketones (excluding diaryl/α,β-unsaturated/α-hetero) is 1. The van der Waals surface area contributed by atoms with Crippen molar-refractivity contribution in [3.05, 3.63) is 35.9 Å². The second-order valence-corrected chi connectivity index (χ2v) is 9.10. The highest BCUT2D eigenvalue weighted by atomic mass is 32.2. The predicted octanol–water partition coefficient (Wildman–Crippen LogP) is -4.52. The normalized spacial score (nSPS) is 17.8. The molecule has 8 atom stereocenters. The molecule has 0 spiro atoms. The van der Waals surface area contributed by atoms with Gasteiger partial charge >= 0.3 is 5.97 Å². The number of carboxylic acid groups (broad SMARTS) is 1. The number of ketones is 1. The molecular weight excluding hydrogens is 512 g/mol. The zero-order chi connectivity index (χ0) is 28.3. The largest absolute Gasteiger partial charge is 0.480 e. The van der Waals surface area contributed by atoms with Crippen LogP contribution in [0.25, 0.3) is 0 Å². The van der Waals surface area contributed by atoms with Crippen LogP contribution in [0.3, 0.4) is 0 Å². The number of hydrogen-bond acceptors (Lipinski definition) is 12. The molecule has 2 unspecified atom stereocenters. The van der Waals surface area contributed by atoms with Crippen LogP contribution in [0.2, 0.25) is 0 Å². The van der Waals surface area contributed by atoms with Crippen molar-refractivity contribution in [3.8, 4) is 0 Å². The molecule has 0 aliphatic heterocycles.